The van der Waals surface area contributed by atoms with Gasteiger partial charge in [-0.3, -0.25) is 0 Å². The van der Waals surface area contributed by atoms with E-state index < -0.39 is 0 Å². The molecule has 0 radical (unpaired) electrons. The lowest BCUT2D eigenvalue weighted by Gasteiger charge is -2.14. The number of rotatable bonds is 8. The van der Waals surface area contributed by atoms with Gasteiger partial charge in [-0.1, -0.05) is 6.07 Å². The lowest BCUT2D eigenvalue weighted by atomic mass is 10.2. The number of hydrogen-bond donors (Lipinski definition) is 1. The van der Waals surface area contributed by atoms with E-state index >= 15 is 0 Å². The molecule has 3 rings (SSSR count). The number of nitrogens with one attached hydrogen (secondary N) is 1. The van der Waals surface area contributed by atoms with Crippen molar-refractivity contribution in [3.8, 4) is 11.5 Å². The number of benzene rings is 1. The Labute approximate surface area is 126 Å². The molecule has 1 saturated heterocycles. The predicted octanol–water partition coefficient (Wildman–Crippen LogP) is 2.90. The van der Waals surface area contributed by atoms with Gasteiger partial charge < -0.3 is 19.5 Å². The molecule has 4 heteroatoms. The third kappa shape index (κ3) is 4.35. The molecule has 1 aromatic carbocycles. The van der Waals surface area contributed by atoms with Gasteiger partial charge in [-0.2, -0.15) is 0 Å². The van der Waals surface area contributed by atoms with Gasteiger partial charge in [-0.25, -0.2) is 0 Å². The summed E-state index contributed by atoms with van der Waals surface area (Å²) in [5.74, 6) is 1.64. The third-order valence-corrected chi connectivity index (χ3v) is 4.12. The van der Waals surface area contributed by atoms with Crippen LogP contribution in [0, 0.1) is 0 Å². The average molecular weight is 291 g/mol. The first-order valence-electron chi connectivity index (χ1n) is 8.00. The maximum Gasteiger partial charge on any atom is 0.161 e. The third-order valence-electron chi connectivity index (χ3n) is 4.12. The highest BCUT2D eigenvalue weighted by Gasteiger charge is 2.20. The van der Waals surface area contributed by atoms with Crippen LogP contribution in [0.5, 0.6) is 11.5 Å². The Morgan fingerprint density at radius 1 is 1.24 bits per heavy atom. The highest BCUT2D eigenvalue weighted by molar-refractivity contribution is 5.43. The molecule has 2 fully saturated rings. The van der Waals surface area contributed by atoms with Crippen LogP contribution in [-0.4, -0.2) is 32.5 Å². The van der Waals surface area contributed by atoms with Crippen molar-refractivity contribution >= 4 is 0 Å². The van der Waals surface area contributed by atoms with Gasteiger partial charge in [0.05, 0.1) is 19.8 Å². The Balaban J connectivity index is 1.50. The summed E-state index contributed by atoms with van der Waals surface area (Å²) in [5, 5.41) is 3.51. The molecule has 1 N–H and O–H groups in total. The standard InChI is InChI=1S/C17H25NO3/c1-19-17-11-13(12-18-14-5-6-14)4-7-16(17)21-10-8-15-3-2-9-20-15/h4,7,11,14-15,18H,2-3,5-6,8-10,12H2,1H3. The second kappa shape index (κ2) is 7.14. The molecule has 1 saturated carbocycles. The van der Waals surface area contributed by atoms with Crippen LogP contribution in [0.4, 0.5) is 0 Å². The average Bonchev–Trinajstić information content (AvgIpc) is 3.20. The smallest absolute Gasteiger partial charge is 0.161 e. The molecule has 21 heavy (non-hydrogen) atoms. The Bertz CT molecular complexity index is 453. The minimum atomic E-state index is 0.373. The van der Waals surface area contributed by atoms with Gasteiger partial charge in [0.2, 0.25) is 0 Å². The Morgan fingerprint density at radius 2 is 2.14 bits per heavy atom. The Hall–Kier alpha value is -1.26. The first-order chi connectivity index (χ1) is 10.3. The van der Waals surface area contributed by atoms with E-state index in [-0.39, 0.29) is 0 Å². The number of ether oxygens (including phenoxy) is 3. The van der Waals surface area contributed by atoms with Crippen molar-refractivity contribution in [1.29, 1.82) is 0 Å². The molecule has 1 aromatic rings. The molecule has 1 heterocycles. The summed E-state index contributed by atoms with van der Waals surface area (Å²) in [6.45, 7) is 2.48. The fourth-order valence-corrected chi connectivity index (χ4v) is 2.66. The van der Waals surface area contributed by atoms with Gasteiger partial charge in [-0.15, -0.1) is 0 Å². The highest BCUT2D eigenvalue weighted by atomic mass is 16.5. The van der Waals surface area contributed by atoms with Crippen LogP contribution >= 0.6 is 0 Å². The van der Waals surface area contributed by atoms with Crippen LogP contribution in [0.3, 0.4) is 0 Å². The molecule has 0 bridgehead atoms. The highest BCUT2D eigenvalue weighted by Crippen LogP contribution is 2.29. The van der Waals surface area contributed by atoms with Crippen LogP contribution in [0.1, 0.15) is 37.7 Å². The summed E-state index contributed by atoms with van der Waals surface area (Å²) in [6, 6.07) is 6.91. The Kier molecular flexibility index (Phi) is 4.99. The van der Waals surface area contributed by atoms with Crippen molar-refractivity contribution in [1.82, 2.24) is 5.32 Å². The first kappa shape index (κ1) is 14.7. The van der Waals surface area contributed by atoms with Crippen LogP contribution < -0.4 is 14.8 Å². The van der Waals surface area contributed by atoms with Gasteiger partial charge >= 0.3 is 0 Å². The fourth-order valence-electron chi connectivity index (χ4n) is 2.66. The van der Waals surface area contributed by atoms with E-state index in [1.54, 1.807) is 7.11 Å². The van der Waals surface area contributed by atoms with Crippen molar-refractivity contribution < 1.29 is 14.2 Å². The minimum absolute atomic E-state index is 0.373. The maximum atomic E-state index is 5.86. The quantitative estimate of drug-likeness (QED) is 0.799. The zero-order chi connectivity index (χ0) is 14.5. The van der Waals surface area contributed by atoms with Crippen molar-refractivity contribution in [3.63, 3.8) is 0 Å². The Morgan fingerprint density at radius 3 is 2.86 bits per heavy atom. The fraction of sp³-hybridized carbons (Fsp3) is 0.647. The molecule has 0 spiro atoms. The summed E-state index contributed by atoms with van der Waals surface area (Å²) >= 11 is 0. The summed E-state index contributed by atoms with van der Waals surface area (Å²) < 4.78 is 16.9. The number of hydrogen-bond acceptors (Lipinski definition) is 4. The number of methoxy groups -OCH3 is 1. The van der Waals surface area contributed by atoms with Gasteiger partial charge in [0, 0.05) is 25.6 Å². The zero-order valence-corrected chi connectivity index (χ0v) is 12.8. The molecule has 2 aliphatic rings. The zero-order valence-electron chi connectivity index (χ0n) is 12.8. The van der Waals surface area contributed by atoms with Crippen molar-refractivity contribution in [2.75, 3.05) is 20.3 Å². The van der Waals surface area contributed by atoms with Gasteiger partial charge in [0.15, 0.2) is 11.5 Å². The molecule has 1 unspecified atom stereocenters. The van der Waals surface area contributed by atoms with E-state index in [0.717, 1.165) is 43.5 Å². The lowest BCUT2D eigenvalue weighted by Crippen LogP contribution is -2.15. The predicted molar refractivity (Wildman–Crippen MR) is 81.9 cm³/mol. The summed E-state index contributed by atoms with van der Waals surface area (Å²) in [6.07, 6.45) is 6.28. The van der Waals surface area contributed by atoms with E-state index in [4.69, 9.17) is 14.2 Å². The van der Waals surface area contributed by atoms with Gasteiger partial charge in [0.25, 0.3) is 0 Å². The van der Waals surface area contributed by atoms with Gasteiger partial charge in [0.1, 0.15) is 0 Å². The van der Waals surface area contributed by atoms with Gasteiger partial charge in [-0.05, 0) is 43.4 Å². The normalized spacial score (nSPS) is 21.5. The monoisotopic (exact) mass is 291 g/mol. The van der Waals surface area contributed by atoms with Crippen LogP contribution in [0.15, 0.2) is 18.2 Å². The molecular formula is C17H25NO3. The molecule has 1 aliphatic carbocycles. The molecule has 1 aliphatic heterocycles. The summed E-state index contributed by atoms with van der Waals surface area (Å²) in [5.41, 5.74) is 1.24. The molecular weight excluding hydrogens is 266 g/mol. The van der Waals surface area contributed by atoms with E-state index in [0.29, 0.717) is 12.7 Å². The topological polar surface area (TPSA) is 39.7 Å². The van der Waals surface area contributed by atoms with E-state index in [9.17, 15) is 0 Å². The maximum absolute atomic E-state index is 5.86. The molecule has 0 amide bonds. The second-order valence-electron chi connectivity index (χ2n) is 5.91. The summed E-state index contributed by atoms with van der Waals surface area (Å²) in [7, 11) is 1.69. The summed E-state index contributed by atoms with van der Waals surface area (Å²) in [4.78, 5) is 0. The molecule has 1 atom stereocenters. The molecule has 116 valence electrons. The van der Waals surface area contributed by atoms with E-state index in [1.165, 1.54) is 24.8 Å². The second-order valence-corrected chi connectivity index (χ2v) is 5.91. The van der Waals surface area contributed by atoms with Crippen LogP contribution in [-0.2, 0) is 11.3 Å². The van der Waals surface area contributed by atoms with Crippen LogP contribution in [0.25, 0.3) is 0 Å². The first-order valence-corrected chi connectivity index (χ1v) is 8.00. The van der Waals surface area contributed by atoms with Crippen molar-refractivity contribution in [2.45, 2.75) is 50.8 Å². The van der Waals surface area contributed by atoms with E-state index in [2.05, 4.69) is 17.4 Å². The lowest BCUT2D eigenvalue weighted by molar-refractivity contribution is 0.0899. The van der Waals surface area contributed by atoms with E-state index in [1.807, 2.05) is 6.07 Å². The van der Waals surface area contributed by atoms with Crippen molar-refractivity contribution in [2.24, 2.45) is 0 Å². The largest absolute Gasteiger partial charge is 0.493 e. The molecule has 0 aromatic heterocycles. The van der Waals surface area contributed by atoms with Crippen LogP contribution in [0.2, 0.25) is 0 Å². The van der Waals surface area contributed by atoms with Crippen molar-refractivity contribution in [3.05, 3.63) is 23.8 Å². The SMILES string of the molecule is COc1cc(CNC2CC2)ccc1OCCC1CCCO1. The molecule has 4 nitrogen and oxygen atoms in total. The minimum Gasteiger partial charge on any atom is -0.493 e.